The monoisotopic (exact) mass is 654 g/mol. The maximum Gasteiger partial charge on any atom is 0.508 e. The molecule has 4 rings (SSSR count). The van der Waals surface area contributed by atoms with Crippen molar-refractivity contribution in [3.8, 4) is 0 Å². The lowest BCUT2D eigenvalue weighted by atomic mass is 9.45. The SMILES string of the molecule is C[C@]12CCC(=O)C=C1CC[C@@H]1[C@@H]2[C@@H](O)C[C@@]2(C)[C@H]1CC[C@]2(O)C(=O)COC(=O)OCC(NC(=O)CCCCCON(O)O)C(=O)O. The molecule has 0 aromatic rings. The summed E-state index contributed by atoms with van der Waals surface area (Å²) in [4.78, 5) is 65.9. The van der Waals surface area contributed by atoms with Crippen LogP contribution < -0.4 is 5.32 Å². The summed E-state index contributed by atoms with van der Waals surface area (Å²) in [5.74, 6) is -2.78. The first-order chi connectivity index (χ1) is 21.6. The van der Waals surface area contributed by atoms with E-state index < -0.39 is 65.6 Å². The summed E-state index contributed by atoms with van der Waals surface area (Å²) in [6, 6.07) is -1.57. The van der Waals surface area contributed by atoms with Crippen molar-refractivity contribution >= 4 is 29.6 Å². The number of aliphatic hydroxyl groups is 2. The molecular weight excluding hydrogens is 608 g/mol. The van der Waals surface area contributed by atoms with E-state index in [1.165, 1.54) is 0 Å². The van der Waals surface area contributed by atoms with E-state index in [9.17, 15) is 39.3 Å². The van der Waals surface area contributed by atoms with Crippen LogP contribution in [0, 0.1) is 28.6 Å². The maximum absolute atomic E-state index is 13.4. The number of ether oxygens (including phenoxy) is 2. The van der Waals surface area contributed by atoms with Crippen LogP contribution in [0.15, 0.2) is 11.6 Å². The highest BCUT2D eigenvalue weighted by atomic mass is 17.1. The lowest BCUT2D eigenvalue weighted by Gasteiger charge is -2.60. The molecule has 0 aromatic carbocycles. The molecule has 4 aliphatic rings. The zero-order chi connectivity index (χ0) is 33.9. The summed E-state index contributed by atoms with van der Waals surface area (Å²) < 4.78 is 9.81. The third-order valence-electron chi connectivity index (χ3n) is 11.1. The number of carboxylic acids is 1. The van der Waals surface area contributed by atoms with E-state index in [0.29, 0.717) is 38.5 Å². The minimum Gasteiger partial charge on any atom is -0.480 e. The second-order valence-corrected chi connectivity index (χ2v) is 13.6. The van der Waals surface area contributed by atoms with Crippen molar-refractivity contribution in [3.05, 3.63) is 11.6 Å². The second kappa shape index (κ2) is 14.4. The highest BCUT2D eigenvalue weighted by molar-refractivity contribution is 5.92. The molecule has 1 unspecified atom stereocenters. The van der Waals surface area contributed by atoms with Crippen LogP contribution in [0.5, 0.6) is 0 Å². The largest absolute Gasteiger partial charge is 0.508 e. The fourth-order valence-corrected chi connectivity index (χ4v) is 8.74. The number of aliphatic carboxylic acids is 1. The zero-order valence-electron chi connectivity index (χ0n) is 26.3. The molecular formula is C31H46N2O13. The van der Waals surface area contributed by atoms with Crippen molar-refractivity contribution < 1.29 is 64.0 Å². The van der Waals surface area contributed by atoms with E-state index in [1.54, 1.807) is 6.08 Å². The quantitative estimate of drug-likeness (QED) is 0.0895. The molecule has 46 heavy (non-hydrogen) atoms. The Bertz CT molecular complexity index is 1220. The van der Waals surface area contributed by atoms with Crippen molar-refractivity contribution in [2.24, 2.45) is 28.6 Å². The third kappa shape index (κ3) is 7.29. The first-order valence-corrected chi connectivity index (χ1v) is 15.9. The second-order valence-electron chi connectivity index (χ2n) is 13.6. The Labute approximate surface area is 266 Å². The highest BCUT2D eigenvalue weighted by Gasteiger charge is 2.68. The molecule has 0 bridgehead atoms. The summed E-state index contributed by atoms with van der Waals surface area (Å²) in [6.07, 6.45) is 4.29. The van der Waals surface area contributed by atoms with Gasteiger partial charge in [0.15, 0.2) is 18.4 Å². The van der Waals surface area contributed by atoms with E-state index in [4.69, 9.17) is 19.9 Å². The Hall–Kier alpha value is -2.95. The van der Waals surface area contributed by atoms with Crippen molar-refractivity contribution in [3.63, 3.8) is 0 Å². The number of rotatable bonds is 14. The van der Waals surface area contributed by atoms with Gasteiger partial charge in [0.25, 0.3) is 0 Å². The van der Waals surface area contributed by atoms with Gasteiger partial charge in [0, 0.05) is 18.3 Å². The first kappa shape index (κ1) is 35.9. The number of hydrogen-bond acceptors (Lipinski definition) is 13. The molecule has 15 nitrogen and oxygen atoms in total. The molecule has 0 aromatic heterocycles. The number of nitrogens with one attached hydrogen (secondary N) is 1. The number of Topliss-reactive ketones (excluding diaryl/α,β-unsaturated/α-hetero) is 1. The van der Waals surface area contributed by atoms with Gasteiger partial charge in [-0.05, 0) is 80.6 Å². The van der Waals surface area contributed by atoms with Crippen molar-refractivity contribution in [1.82, 2.24) is 10.7 Å². The van der Waals surface area contributed by atoms with Gasteiger partial charge in [-0.2, -0.15) is 0 Å². The van der Waals surface area contributed by atoms with Crippen LogP contribution in [0.25, 0.3) is 0 Å². The summed E-state index contributed by atoms with van der Waals surface area (Å²) in [5.41, 5.74) is -2.07. The van der Waals surface area contributed by atoms with Gasteiger partial charge in [-0.1, -0.05) is 25.8 Å². The maximum atomic E-state index is 13.4. The summed E-state index contributed by atoms with van der Waals surface area (Å²) in [7, 11) is 0. The van der Waals surface area contributed by atoms with E-state index in [-0.39, 0.29) is 54.8 Å². The normalized spacial score (nSPS) is 34.1. The molecule has 4 aliphatic carbocycles. The number of aliphatic hydroxyl groups excluding tert-OH is 1. The van der Waals surface area contributed by atoms with Crippen molar-refractivity contribution in [2.45, 2.75) is 102 Å². The lowest BCUT2D eigenvalue weighted by Crippen LogP contribution is -2.62. The molecule has 0 spiro atoms. The van der Waals surface area contributed by atoms with Crippen LogP contribution in [0.3, 0.4) is 0 Å². The standard InChI is InChI=1S/C31H46N2O13/c1-29-11-9-19(34)14-18(29)7-8-20-21-10-12-31(41,30(21,2)15-23(35)26(20)29)24(36)17-45-28(40)44-16-22(27(38)39)32-25(37)6-4-3-5-13-46-33(42)43/h14,20-23,26,35,41-43H,3-13,15-17H2,1-2H3,(H,32,37)(H,38,39)/t20-,21-,22?,23-,26+,29-,30-,31-/m0/s1. The van der Waals surface area contributed by atoms with Crippen LogP contribution in [0.1, 0.15) is 84.5 Å². The van der Waals surface area contributed by atoms with Gasteiger partial charge in [-0.15, -0.1) is 0 Å². The summed E-state index contributed by atoms with van der Waals surface area (Å²) in [5, 5.41) is 51.5. The molecule has 1 amide bonds. The van der Waals surface area contributed by atoms with E-state index in [0.717, 1.165) is 18.4 Å². The Balaban J connectivity index is 1.28. The Morgan fingerprint density at radius 3 is 2.50 bits per heavy atom. The molecule has 0 aliphatic heterocycles. The van der Waals surface area contributed by atoms with Gasteiger partial charge in [-0.25, -0.2) is 9.59 Å². The third-order valence-corrected chi connectivity index (χ3v) is 11.1. The number of carbonyl (C=O) groups excluding carboxylic acids is 4. The summed E-state index contributed by atoms with van der Waals surface area (Å²) >= 11 is 0. The van der Waals surface area contributed by atoms with Gasteiger partial charge < -0.3 is 30.1 Å². The molecule has 3 saturated carbocycles. The number of allylic oxidation sites excluding steroid dienone is 1. The summed E-state index contributed by atoms with van der Waals surface area (Å²) in [6.45, 7) is 2.36. The minimum atomic E-state index is -1.86. The van der Waals surface area contributed by atoms with Crippen LogP contribution in [0.4, 0.5) is 4.79 Å². The zero-order valence-corrected chi connectivity index (χ0v) is 26.3. The van der Waals surface area contributed by atoms with Crippen molar-refractivity contribution in [1.29, 1.82) is 0 Å². The smallest absolute Gasteiger partial charge is 0.480 e. The number of nitrogens with zero attached hydrogens (tertiary/aromatic N) is 1. The number of hydrogen-bond donors (Lipinski definition) is 6. The number of unbranched alkanes of at least 4 members (excludes halogenated alkanes) is 2. The fourth-order valence-electron chi connectivity index (χ4n) is 8.74. The highest BCUT2D eigenvalue weighted by Crippen LogP contribution is 2.67. The Morgan fingerprint density at radius 1 is 1.07 bits per heavy atom. The predicted octanol–water partition coefficient (Wildman–Crippen LogP) is 2.08. The Morgan fingerprint density at radius 2 is 1.80 bits per heavy atom. The molecule has 15 heteroatoms. The first-order valence-electron chi connectivity index (χ1n) is 15.9. The predicted molar refractivity (Wildman–Crippen MR) is 155 cm³/mol. The number of carboxylic acid groups (broad SMARTS) is 1. The van der Waals surface area contributed by atoms with Gasteiger partial charge in [0.1, 0.15) is 12.2 Å². The fraction of sp³-hybridized carbons (Fsp3) is 0.774. The Kier molecular flexibility index (Phi) is 11.3. The van der Waals surface area contributed by atoms with Crippen molar-refractivity contribution in [2.75, 3.05) is 19.8 Å². The van der Waals surface area contributed by atoms with Crippen LogP contribution in [0.2, 0.25) is 0 Å². The number of fused-ring (bicyclic) bond motifs is 5. The van der Waals surface area contributed by atoms with Gasteiger partial charge >= 0.3 is 12.1 Å². The molecule has 6 N–H and O–H groups in total. The van der Waals surface area contributed by atoms with Crippen LogP contribution in [-0.4, -0.2) is 98.3 Å². The average molecular weight is 655 g/mol. The molecule has 0 saturated heterocycles. The van der Waals surface area contributed by atoms with E-state index in [2.05, 4.69) is 17.1 Å². The van der Waals surface area contributed by atoms with E-state index in [1.807, 2.05) is 6.92 Å². The topological polar surface area (TPSA) is 229 Å². The molecule has 0 heterocycles. The number of ketones is 2. The number of amides is 1. The molecule has 8 atom stereocenters. The lowest BCUT2D eigenvalue weighted by molar-refractivity contribution is -0.492. The number of carbonyl (C=O) groups is 5. The average Bonchev–Trinajstić information content (AvgIpc) is 3.26. The van der Waals surface area contributed by atoms with E-state index >= 15 is 0 Å². The molecule has 0 radical (unpaired) electrons. The van der Waals surface area contributed by atoms with Crippen LogP contribution >= 0.6 is 0 Å². The molecule has 3 fully saturated rings. The van der Waals surface area contributed by atoms with Crippen LogP contribution in [-0.2, 0) is 33.5 Å². The van der Waals surface area contributed by atoms with Gasteiger partial charge in [-0.3, -0.25) is 29.6 Å². The minimum absolute atomic E-state index is 0.00705. The van der Waals surface area contributed by atoms with Gasteiger partial charge in [0.05, 0.1) is 18.1 Å². The van der Waals surface area contributed by atoms with Gasteiger partial charge in [0.2, 0.25) is 11.7 Å². The molecule has 258 valence electrons.